The summed E-state index contributed by atoms with van der Waals surface area (Å²) < 4.78 is 6.48. The molecule has 3 atom stereocenters. The van der Waals surface area contributed by atoms with Gasteiger partial charge in [-0.2, -0.15) is 0 Å². The van der Waals surface area contributed by atoms with Crippen LogP contribution < -0.4 is 5.73 Å². The molecule has 0 saturated carbocycles. The van der Waals surface area contributed by atoms with E-state index in [2.05, 4.69) is 24.8 Å². The molecule has 0 bridgehead atoms. The molecular weight excluding hydrogens is 256 g/mol. The molecular formula is C12H19ClN2OS. The summed E-state index contributed by atoms with van der Waals surface area (Å²) >= 11 is 7.62. The van der Waals surface area contributed by atoms with Gasteiger partial charge in [0.15, 0.2) is 0 Å². The minimum Gasteiger partial charge on any atom is -0.376 e. The van der Waals surface area contributed by atoms with Crippen molar-refractivity contribution in [1.29, 1.82) is 0 Å². The van der Waals surface area contributed by atoms with Crippen LogP contribution in [-0.2, 0) is 4.74 Å². The van der Waals surface area contributed by atoms with Crippen LogP contribution in [0.3, 0.4) is 0 Å². The molecule has 1 aliphatic heterocycles. The number of thiophene rings is 1. The zero-order valence-electron chi connectivity index (χ0n) is 10.2. The van der Waals surface area contributed by atoms with Crippen molar-refractivity contribution in [2.45, 2.75) is 32.0 Å². The molecule has 2 rings (SSSR count). The second kappa shape index (κ2) is 5.67. The van der Waals surface area contributed by atoms with E-state index in [4.69, 9.17) is 22.1 Å². The van der Waals surface area contributed by atoms with E-state index in [0.29, 0.717) is 12.6 Å². The molecule has 1 fully saturated rings. The Hall–Kier alpha value is -0.130. The maximum Gasteiger partial charge on any atom is 0.0931 e. The first-order chi connectivity index (χ1) is 8.11. The van der Waals surface area contributed by atoms with Crippen LogP contribution in [0.1, 0.15) is 24.8 Å². The van der Waals surface area contributed by atoms with Crippen molar-refractivity contribution >= 4 is 22.9 Å². The molecule has 1 aromatic rings. The van der Waals surface area contributed by atoms with Crippen molar-refractivity contribution in [3.63, 3.8) is 0 Å². The second-order valence-corrected chi connectivity index (χ2v) is 6.33. The SMILES string of the molecule is CC1CN(C(CN)c2ccc(Cl)s2)C(C)CO1. The number of nitrogens with zero attached hydrogens (tertiary/aromatic N) is 1. The summed E-state index contributed by atoms with van der Waals surface area (Å²) in [6.07, 6.45) is 0.274. The van der Waals surface area contributed by atoms with E-state index in [-0.39, 0.29) is 12.1 Å². The van der Waals surface area contributed by atoms with Crippen molar-refractivity contribution < 1.29 is 4.74 Å². The van der Waals surface area contributed by atoms with Crippen LogP contribution in [0.15, 0.2) is 12.1 Å². The first kappa shape index (κ1) is 13.3. The van der Waals surface area contributed by atoms with E-state index in [1.807, 2.05) is 6.07 Å². The molecule has 3 unspecified atom stereocenters. The Balaban J connectivity index is 2.16. The fraction of sp³-hybridized carbons (Fsp3) is 0.667. The lowest BCUT2D eigenvalue weighted by Gasteiger charge is -2.41. The standard InChI is InChI=1S/C12H19ClN2OS/c1-8-7-16-9(2)6-15(8)10(5-14)11-3-4-12(13)17-11/h3-4,8-10H,5-7,14H2,1-2H3. The van der Waals surface area contributed by atoms with E-state index in [1.54, 1.807) is 11.3 Å². The first-order valence-electron chi connectivity index (χ1n) is 5.94. The van der Waals surface area contributed by atoms with Crippen LogP contribution in [0, 0.1) is 0 Å². The number of morpholine rings is 1. The number of rotatable bonds is 3. The van der Waals surface area contributed by atoms with Gasteiger partial charge in [0.05, 0.1) is 23.1 Å². The number of hydrogen-bond acceptors (Lipinski definition) is 4. The highest BCUT2D eigenvalue weighted by atomic mass is 35.5. The van der Waals surface area contributed by atoms with Gasteiger partial charge in [-0.05, 0) is 26.0 Å². The summed E-state index contributed by atoms with van der Waals surface area (Å²) in [5.41, 5.74) is 5.93. The van der Waals surface area contributed by atoms with Gasteiger partial charge in [-0.25, -0.2) is 0 Å². The molecule has 3 nitrogen and oxygen atoms in total. The van der Waals surface area contributed by atoms with Crippen molar-refractivity contribution in [3.05, 3.63) is 21.3 Å². The lowest BCUT2D eigenvalue weighted by Crippen LogP contribution is -2.50. The smallest absolute Gasteiger partial charge is 0.0931 e. The lowest BCUT2D eigenvalue weighted by molar-refractivity contribution is -0.0648. The fourth-order valence-electron chi connectivity index (χ4n) is 2.29. The van der Waals surface area contributed by atoms with Crippen LogP contribution in [0.2, 0.25) is 4.34 Å². The third-order valence-corrected chi connectivity index (χ3v) is 4.53. The maximum atomic E-state index is 6.00. The highest BCUT2D eigenvalue weighted by molar-refractivity contribution is 7.16. The van der Waals surface area contributed by atoms with Gasteiger partial charge in [-0.1, -0.05) is 11.6 Å². The van der Waals surface area contributed by atoms with E-state index >= 15 is 0 Å². The van der Waals surface area contributed by atoms with Gasteiger partial charge in [-0.3, -0.25) is 4.90 Å². The summed E-state index contributed by atoms with van der Waals surface area (Å²) in [7, 11) is 0. The van der Waals surface area contributed by atoms with Gasteiger partial charge in [0.1, 0.15) is 0 Å². The van der Waals surface area contributed by atoms with E-state index in [0.717, 1.165) is 17.5 Å². The topological polar surface area (TPSA) is 38.5 Å². The molecule has 0 radical (unpaired) electrons. The summed E-state index contributed by atoms with van der Waals surface area (Å²) in [6, 6.07) is 4.69. The summed E-state index contributed by atoms with van der Waals surface area (Å²) in [6.45, 7) is 6.61. The Morgan fingerprint density at radius 1 is 1.59 bits per heavy atom. The van der Waals surface area contributed by atoms with Crippen LogP contribution in [0.5, 0.6) is 0 Å². The van der Waals surface area contributed by atoms with E-state index < -0.39 is 0 Å². The normalized spacial score (nSPS) is 28.2. The molecule has 2 N–H and O–H groups in total. The number of nitrogens with two attached hydrogens (primary N) is 1. The lowest BCUT2D eigenvalue weighted by atomic mass is 10.1. The average molecular weight is 275 g/mol. The van der Waals surface area contributed by atoms with Gasteiger partial charge in [-0.15, -0.1) is 11.3 Å². The predicted octanol–water partition coefficient (Wildman–Crippen LogP) is 2.51. The van der Waals surface area contributed by atoms with Gasteiger partial charge in [0.25, 0.3) is 0 Å². The first-order valence-corrected chi connectivity index (χ1v) is 7.14. The fourth-order valence-corrected chi connectivity index (χ4v) is 3.48. The summed E-state index contributed by atoms with van der Waals surface area (Å²) in [5.74, 6) is 0. The Morgan fingerprint density at radius 2 is 2.35 bits per heavy atom. The molecule has 17 heavy (non-hydrogen) atoms. The molecule has 0 spiro atoms. The molecule has 0 amide bonds. The third kappa shape index (κ3) is 3.01. The monoisotopic (exact) mass is 274 g/mol. The quantitative estimate of drug-likeness (QED) is 0.920. The summed E-state index contributed by atoms with van der Waals surface area (Å²) in [4.78, 5) is 3.68. The van der Waals surface area contributed by atoms with Gasteiger partial charge >= 0.3 is 0 Å². The van der Waals surface area contributed by atoms with Crippen molar-refractivity contribution in [3.8, 4) is 0 Å². The summed E-state index contributed by atoms with van der Waals surface area (Å²) in [5, 5.41) is 0. The molecule has 1 aliphatic rings. The van der Waals surface area contributed by atoms with Crippen LogP contribution in [-0.4, -0.2) is 36.7 Å². The third-order valence-electron chi connectivity index (χ3n) is 3.20. The van der Waals surface area contributed by atoms with Crippen LogP contribution in [0.4, 0.5) is 0 Å². The zero-order chi connectivity index (χ0) is 12.4. The Kier molecular flexibility index (Phi) is 4.44. The number of halogens is 1. The molecule has 1 aromatic heterocycles. The molecule has 0 aromatic carbocycles. The maximum absolute atomic E-state index is 6.00. The van der Waals surface area contributed by atoms with E-state index in [9.17, 15) is 0 Å². The van der Waals surface area contributed by atoms with Crippen molar-refractivity contribution in [1.82, 2.24) is 4.90 Å². The van der Waals surface area contributed by atoms with Gasteiger partial charge < -0.3 is 10.5 Å². The van der Waals surface area contributed by atoms with Gasteiger partial charge in [0.2, 0.25) is 0 Å². The molecule has 5 heteroatoms. The van der Waals surface area contributed by atoms with Gasteiger partial charge in [0, 0.05) is 24.0 Å². The molecule has 96 valence electrons. The van der Waals surface area contributed by atoms with Crippen molar-refractivity contribution in [2.24, 2.45) is 5.73 Å². The van der Waals surface area contributed by atoms with Crippen molar-refractivity contribution in [2.75, 3.05) is 19.7 Å². The van der Waals surface area contributed by atoms with E-state index in [1.165, 1.54) is 4.88 Å². The Bertz CT molecular complexity index is 371. The highest BCUT2D eigenvalue weighted by Crippen LogP contribution is 2.32. The predicted molar refractivity (Wildman–Crippen MR) is 72.7 cm³/mol. The van der Waals surface area contributed by atoms with Crippen LogP contribution >= 0.6 is 22.9 Å². The minimum absolute atomic E-state index is 0.258. The number of ether oxygens (including phenoxy) is 1. The Labute approximate surface area is 112 Å². The second-order valence-electron chi connectivity index (χ2n) is 4.58. The average Bonchev–Trinajstić information content (AvgIpc) is 2.71. The number of hydrogen-bond donors (Lipinski definition) is 1. The molecule has 0 aliphatic carbocycles. The largest absolute Gasteiger partial charge is 0.376 e. The molecule has 2 heterocycles. The highest BCUT2D eigenvalue weighted by Gasteiger charge is 2.30. The van der Waals surface area contributed by atoms with Crippen LogP contribution in [0.25, 0.3) is 0 Å². The molecule has 1 saturated heterocycles. The zero-order valence-corrected chi connectivity index (χ0v) is 11.8. The Morgan fingerprint density at radius 3 is 2.94 bits per heavy atom. The minimum atomic E-state index is 0.258.